The first-order chi connectivity index (χ1) is 8.10. The molecule has 92 valence electrons. The van der Waals surface area contributed by atoms with Crippen molar-refractivity contribution >= 4 is 0 Å². The molecule has 3 aliphatic heterocycles. The fourth-order valence-corrected chi connectivity index (χ4v) is 3.05. The first-order valence-corrected chi connectivity index (χ1v) is 5.61. The molecule has 0 amide bonds. The van der Waals surface area contributed by atoms with E-state index >= 15 is 0 Å². The highest BCUT2D eigenvalue weighted by Gasteiger charge is 2.55. The van der Waals surface area contributed by atoms with E-state index in [4.69, 9.17) is 0 Å². The molecule has 0 spiro atoms. The molecule has 0 bridgehead atoms. The van der Waals surface area contributed by atoms with Crippen LogP contribution < -0.4 is 10.6 Å². The Morgan fingerprint density at radius 2 is 2.47 bits per heavy atom. The number of allylic oxidation sites excluding steroid dienone is 1. The number of hydrogen-bond donors (Lipinski definition) is 2. The summed E-state index contributed by atoms with van der Waals surface area (Å²) in [4.78, 5) is 14.9. The number of hydrogen-bond acceptors (Lipinski definition) is 6. The van der Waals surface area contributed by atoms with Crippen molar-refractivity contribution in [1.29, 1.82) is 0 Å². The van der Waals surface area contributed by atoms with Crippen LogP contribution in [0.5, 0.6) is 0 Å². The molecule has 2 unspecified atom stereocenters. The third kappa shape index (κ3) is 1.12. The Morgan fingerprint density at radius 1 is 1.71 bits per heavy atom. The van der Waals surface area contributed by atoms with E-state index in [-0.39, 0.29) is 16.7 Å². The smallest absolute Gasteiger partial charge is 0.309 e. The molecule has 17 heavy (non-hydrogen) atoms. The van der Waals surface area contributed by atoms with Crippen molar-refractivity contribution in [3.05, 3.63) is 33.8 Å². The summed E-state index contributed by atoms with van der Waals surface area (Å²) in [6, 6.07) is 0.280. The van der Waals surface area contributed by atoms with E-state index in [0.717, 1.165) is 13.1 Å². The Kier molecular flexibility index (Phi) is 1.99. The quantitative estimate of drug-likeness (QED) is 0.479. The maximum Gasteiger partial charge on any atom is 0.309 e. The second-order valence-corrected chi connectivity index (χ2v) is 4.59. The van der Waals surface area contributed by atoms with Crippen molar-refractivity contribution in [2.24, 2.45) is 0 Å². The maximum atomic E-state index is 11.0. The zero-order valence-corrected chi connectivity index (χ0v) is 9.80. The monoisotopic (exact) mass is 237 g/mol. The standard InChI is InChI=1S/C10H15N5O2/c1-11-10-4-3-8(15(16)17)9-12-5-7(14(9)10)6-13(10)2/h3-4,7,11-12H,5-6H2,1-2H3. The summed E-state index contributed by atoms with van der Waals surface area (Å²) >= 11 is 0. The average Bonchev–Trinajstić information content (AvgIpc) is 2.83. The molecule has 2 N–H and O–H groups in total. The fraction of sp³-hybridized carbons (Fsp3) is 0.600. The molecule has 0 aromatic rings. The summed E-state index contributed by atoms with van der Waals surface area (Å²) in [5, 5.41) is 17.4. The van der Waals surface area contributed by atoms with Crippen LogP contribution in [0.4, 0.5) is 0 Å². The fourth-order valence-electron chi connectivity index (χ4n) is 3.05. The van der Waals surface area contributed by atoms with Crippen molar-refractivity contribution in [3.63, 3.8) is 0 Å². The van der Waals surface area contributed by atoms with Gasteiger partial charge in [-0.3, -0.25) is 20.3 Å². The molecule has 2 fully saturated rings. The van der Waals surface area contributed by atoms with Crippen LogP contribution in [0, 0.1) is 10.1 Å². The summed E-state index contributed by atoms with van der Waals surface area (Å²) in [5.41, 5.74) is 0.147. The lowest BCUT2D eigenvalue weighted by Gasteiger charge is -2.41. The van der Waals surface area contributed by atoms with Gasteiger partial charge in [-0.2, -0.15) is 0 Å². The molecule has 2 atom stereocenters. The third-order valence-electron chi connectivity index (χ3n) is 3.83. The van der Waals surface area contributed by atoms with E-state index in [1.165, 1.54) is 0 Å². The van der Waals surface area contributed by atoms with Crippen LogP contribution in [-0.2, 0) is 0 Å². The summed E-state index contributed by atoms with van der Waals surface area (Å²) < 4.78 is 0. The Bertz CT molecular complexity index is 446. The van der Waals surface area contributed by atoms with Crippen LogP contribution in [0.2, 0.25) is 0 Å². The molecule has 0 radical (unpaired) electrons. The van der Waals surface area contributed by atoms with Gasteiger partial charge in [0.2, 0.25) is 0 Å². The summed E-state index contributed by atoms with van der Waals surface area (Å²) in [6.45, 7) is 1.63. The van der Waals surface area contributed by atoms with E-state index in [0.29, 0.717) is 5.82 Å². The summed E-state index contributed by atoms with van der Waals surface area (Å²) in [6.07, 6.45) is 3.45. The Morgan fingerprint density at radius 3 is 3.12 bits per heavy atom. The highest BCUT2D eigenvalue weighted by Crippen LogP contribution is 2.39. The Hall–Kier alpha value is -1.60. The number of nitrogens with zero attached hydrogens (tertiary/aromatic N) is 3. The van der Waals surface area contributed by atoms with Gasteiger partial charge in [0.15, 0.2) is 11.6 Å². The van der Waals surface area contributed by atoms with Gasteiger partial charge in [-0.05, 0) is 20.2 Å². The molecule has 0 aliphatic carbocycles. The van der Waals surface area contributed by atoms with Crippen molar-refractivity contribution in [2.45, 2.75) is 11.8 Å². The molecule has 7 heteroatoms. The van der Waals surface area contributed by atoms with Gasteiger partial charge >= 0.3 is 5.70 Å². The number of likely N-dealkylation sites (N-methyl/N-ethyl adjacent to an activating group) is 2. The highest BCUT2D eigenvalue weighted by molar-refractivity contribution is 5.34. The first-order valence-electron chi connectivity index (χ1n) is 5.61. The van der Waals surface area contributed by atoms with Crippen molar-refractivity contribution < 1.29 is 4.92 Å². The predicted octanol–water partition coefficient (Wildman–Crippen LogP) is -0.906. The SMILES string of the molecule is CNC12C=CC([N+](=O)[O-])=C3NCC(CN1C)N32. The van der Waals surface area contributed by atoms with E-state index in [2.05, 4.69) is 20.4 Å². The lowest BCUT2D eigenvalue weighted by atomic mass is 10.1. The van der Waals surface area contributed by atoms with Crippen LogP contribution in [0.3, 0.4) is 0 Å². The molecule has 3 aliphatic rings. The van der Waals surface area contributed by atoms with E-state index in [1.54, 1.807) is 6.08 Å². The van der Waals surface area contributed by atoms with Crippen molar-refractivity contribution in [3.8, 4) is 0 Å². The second kappa shape index (κ2) is 3.21. The zero-order chi connectivity index (χ0) is 12.2. The molecular weight excluding hydrogens is 222 g/mol. The molecule has 0 aromatic carbocycles. The van der Waals surface area contributed by atoms with Crippen LogP contribution in [0.1, 0.15) is 0 Å². The van der Waals surface area contributed by atoms with E-state index in [1.807, 2.05) is 20.2 Å². The predicted molar refractivity (Wildman–Crippen MR) is 61.2 cm³/mol. The molecule has 3 heterocycles. The third-order valence-corrected chi connectivity index (χ3v) is 3.83. The number of nitrogens with one attached hydrogen (secondary N) is 2. The highest BCUT2D eigenvalue weighted by atomic mass is 16.6. The zero-order valence-electron chi connectivity index (χ0n) is 9.80. The lowest BCUT2D eigenvalue weighted by Crippen LogP contribution is -2.61. The number of nitro groups is 1. The Balaban J connectivity index is 2.13. The minimum absolute atomic E-state index is 0.147. The van der Waals surface area contributed by atoms with Gasteiger partial charge in [0, 0.05) is 19.2 Å². The second-order valence-electron chi connectivity index (χ2n) is 4.59. The normalized spacial score (nSPS) is 35.2. The maximum absolute atomic E-state index is 11.0. The first kappa shape index (κ1) is 10.5. The van der Waals surface area contributed by atoms with Crippen LogP contribution >= 0.6 is 0 Å². The van der Waals surface area contributed by atoms with Gasteiger partial charge in [-0.25, -0.2) is 0 Å². The van der Waals surface area contributed by atoms with Crippen molar-refractivity contribution in [1.82, 2.24) is 20.4 Å². The number of rotatable bonds is 2. The molecule has 7 nitrogen and oxygen atoms in total. The van der Waals surface area contributed by atoms with Crippen LogP contribution in [0.15, 0.2) is 23.7 Å². The van der Waals surface area contributed by atoms with Gasteiger partial charge in [0.1, 0.15) is 0 Å². The van der Waals surface area contributed by atoms with E-state index in [9.17, 15) is 10.1 Å². The van der Waals surface area contributed by atoms with Gasteiger partial charge in [-0.1, -0.05) is 0 Å². The van der Waals surface area contributed by atoms with Crippen molar-refractivity contribution in [2.75, 3.05) is 27.2 Å². The van der Waals surface area contributed by atoms with Crippen LogP contribution in [-0.4, -0.2) is 53.7 Å². The molecular formula is C10H15N5O2. The average molecular weight is 237 g/mol. The lowest BCUT2D eigenvalue weighted by molar-refractivity contribution is -0.422. The van der Waals surface area contributed by atoms with Gasteiger partial charge < -0.3 is 10.2 Å². The molecule has 2 saturated heterocycles. The molecule has 0 saturated carbocycles. The minimum Gasteiger partial charge on any atom is -0.364 e. The topological polar surface area (TPSA) is 73.7 Å². The summed E-state index contributed by atoms with van der Waals surface area (Å²) in [5.74, 6) is 0.199. The molecule has 3 rings (SSSR count). The largest absolute Gasteiger partial charge is 0.364 e. The Labute approximate surface area is 98.9 Å². The van der Waals surface area contributed by atoms with E-state index < -0.39 is 5.79 Å². The van der Waals surface area contributed by atoms with Gasteiger partial charge in [0.05, 0.1) is 11.0 Å². The summed E-state index contributed by atoms with van der Waals surface area (Å²) in [7, 11) is 3.89. The van der Waals surface area contributed by atoms with Gasteiger partial charge in [-0.15, -0.1) is 0 Å². The minimum atomic E-state index is -0.428. The van der Waals surface area contributed by atoms with Crippen LogP contribution in [0.25, 0.3) is 0 Å². The van der Waals surface area contributed by atoms with Gasteiger partial charge in [0.25, 0.3) is 0 Å². The molecule has 0 aromatic heterocycles.